The Bertz CT molecular complexity index is 596. The average molecular weight is 353 g/mol. The first-order valence-electron chi connectivity index (χ1n) is 6.84. The Morgan fingerprint density at radius 2 is 1.81 bits per heavy atom. The van der Waals surface area contributed by atoms with Crippen molar-refractivity contribution in [3.63, 3.8) is 0 Å². The molecule has 1 atom stereocenters. The van der Waals surface area contributed by atoms with Crippen LogP contribution < -0.4 is 4.74 Å². The quantitative estimate of drug-likeness (QED) is 0.848. The molecule has 0 amide bonds. The van der Waals surface area contributed by atoms with E-state index in [1.165, 1.54) is 6.07 Å². The minimum Gasteiger partial charge on any atom is -0.491 e. The zero-order valence-electron chi connectivity index (χ0n) is 12.0. The van der Waals surface area contributed by atoms with Crippen molar-refractivity contribution in [1.29, 1.82) is 0 Å². The zero-order chi connectivity index (χ0) is 15.4. The van der Waals surface area contributed by atoms with Gasteiger partial charge >= 0.3 is 0 Å². The van der Waals surface area contributed by atoms with Crippen molar-refractivity contribution in [2.45, 2.75) is 32.5 Å². The van der Waals surface area contributed by atoms with E-state index in [-0.39, 0.29) is 18.3 Å². The van der Waals surface area contributed by atoms with E-state index in [0.717, 1.165) is 11.3 Å². The molecule has 1 unspecified atom stereocenters. The third-order valence-corrected chi connectivity index (χ3v) is 3.56. The van der Waals surface area contributed by atoms with Gasteiger partial charge in [0.25, 0.3) is 0 Å². The first kappa shape index (κ1) is 16.0. The predicted molar refractivity (Wildman–Crippen MR) is 85.0 cm³/mol. The van der Waals surface area contributed by atoms with Crippen LogP contribution in [0, 0.1) is 5.82 Å². The lowest BCUT2D eigenvalue weighted by Gasteiger charge is -2.14. The predicted octanol–water partition coefficient (Wildman–Crippen LogP) is 4.65. The fourth-order valence-electron chi connectivity index (χ4n) is 2.05. The highest BCUT2D eigenvalue weighted by molar-refractivity contribution is 9.10. The average Bonchev–Trinajstić information content (AvgIpc) is 2.42. The fourth-order valence-corrected chi connectivity index (χ4v) is 2.39. The molecule has 0 spiro atoms. The van der Waals surface area contributed by atoms with Gasteiger partial charge in [-0.2, -0.15) is 0 Å². The summed E-state index contributed by atoms with van der Waals surface area (Å²) in [5, 5.41) is 10.2. The van der Waals surface area contributed by atoms with E-state index in [9.17, 15) is 9.50 Å². The molecule has 2 nitrogen and oxygen atoms in total. The van der Waals surface area contributed by atoms with Crippen LogP contribution in [-0.2, 0) is 6.42 Å². The Morgan fingerprint density at radius 3 is 2.38 bits per heavy atom. The van der Waals surface area contributed by atoms with Crippen molar-refractivity contribution in [3.8, 4) is 5.75 Å². The van der Waals surface area contributed by atoms with Gasteiger partial charge < -0.3 is 9.84 Å². The molecule has 4 heteroatoms. The number of ether oxygens (including phenoxy) is 1. The molecule has 0 aliphatic rings. The smallest absolute Gasteiger partial charge is 0.127 e. The number of hydrogen-bond acceptors (Lipinski definition) is 2. The van der Waals surface area contributed by atoms with Crippen LogP contribution in [-0.4, -0.2) is 11.2 Å². The second-order valence-corrected chi connectivity index (χ2v) is 6.11. The highest BCUT2D eigenvalue weighted by atomic mass is 79.9. The summed E-state index contributed by atoms with van der Waals surface area (Å²) in [5.74, 6) is 0.443. The molecule has 0 radical (unpaired) electrons. The summed E-state index contributed by atoms with van der Waals surface area (Å²) < 4.78 is 20.0. The van der Waals surface area contributed by atoms with Crippen LogP contribution in [0.4, 0.5) is 4.39 Å². The molecular weight excluding hydrogens is 335 g/mol. The summed E-state index contributed by atoms with van der Waals surface area (Å²) in [5.41, 5.74) is 1.24. The highest BCUT2D eigenvalue weighted by Gasteiger charge is 2.12. The molecule has 21 heavy (non-hydrogen) atoms. The van der Waals surface area contributed by atoms with Gasteiger partial charge in [0.15, 0.2) is 0 Å². The summed E-state index contributed by atoms with van der Waals surface area (Å²) in [6, 6.07) is 12.1. The standard InChI is InChI=1S/C17H18BrFO2/c1-11(2)21-15-7-4-12(5-8-15)17(20)9-13-3-6-14(18)10-16(13)19/h3-8,10-11,17,20H,9H2,1-2H3. The van der Waals surface area contributed by atoms with Crippen molar-refractivity contribution in [1.82, 2.24) is 0 Å². The number of halogens is 2. The van der Waals surface area contributed by atoms with Crippen LogP contribution >= 0.6 is 15.9 Å². The number of aliphatic hydroxyl groups excluding tert-OH is 1. The van der Waals surface area contributed by atoms with Gasteiger partial charge in [-0.25, -0.2) is 4.39 Å². The summed E-state index contributed by atoms with van der Waals surface area (Å²) in [6.07, 6.45) is -0.393. The third kappa shape index (κ3) is 4.55. The Kier molecular flexibility index (Phi) is 5.37. The van der Waals surface area contributed by atoms with E-state index in [4.69, 9.17) is 4.74 Å². The summed E-state index contributed by atoms with van der Waals surface area (Å²) in [4.78, 5) is 0. The molecule has 0 aromatic heterocycles. The van der Waals surface area contributed by atoms with Crippen molar-refractivity contribution in [3.05, 3.63) is 63.9 Å². The van der Waals surface area contributed by atoms with Crippen molar-refractivity contribution < 1.29 is 14.2 Å². The molecule has 0 heterocycles. The topological polar surface area (TPSA) is 29.5 Å². The summed E-state index contributed by atoms with van der Waals surface area (Å²) in [6.45, 7) is 3.91. The largest absolute Gasteiger partial charge is 0.491 e. The lowest BCUT2D eigenvalue weighted by atomic mass is 10.0. The lowest BCUT2D eigenvalue weighted by Crippen LogP contribution is -2.06. The van der Waals surface area contributed by atoms with Crippen LogP contribution in [0.2, 0.25) is 0 Å². The highest BCUT2D eigenvalue weighted by Crippen LogP contribution is 2.24. The SMILES string of the molecule is CC(C)Oc1ccc(C(O)Cc2ccc(Br)cc2F)cc1. The van der Waals surface area contributed by atoms with Crippen molar-refractivity contribution in [2.75, 3.05) is 0 Å². The Balaban J connectivity index is 2.07. The maximum Gasteiger partial charge on any atom is 0.127 e. The van der Waals surface area contributed by atoms with Gasteiger partial charge in [0.1, 0.15) is 11.6 Å². The normalized spacial score (nSPS) is 12.5. The number of hydrogen-bond donors (Lipinski definition) is 1. The molecule has 0 aliphatic heterocycles. The second-order valence-electron chi connectivity index (χ2n) is 5.19. The Hall–Kier alpha value is -1.39. The number of aliphatic hydroxyl groups is 1. The summed E-state index contributed by atoms with van der Waals surface area (Å²) >= 11 is 3.22. The molecule has 0 saturated carbocycles. The molecular formula is C17H18BrFO2. The van der Waals surface area contributed by atoms with Gasteiger partial charge in [-0.15, -0.1) is 0 Å². The lowest BCUT2D eigenvalue weighted by molar-refractivity contribution is 0.177. The van der Waals surface area contributed by atoms with E-state index in [2.05, 4.69) is 15.9 Å². The fraction of sp³-hybridized carbons (Fsp3) is 0.294. The van der Waals surface area contributed by atoms with E-state index in [0.29, 0.717) is 10.0 Å². The molecule has 1 N–H and O–H groups in total. The molecule has 2 aromatic rings. The van der Waals surface area contributed by atoms with Crippen molar-refractivity contribution in [2.24, 2.45) is 0 Å². The summed E-state index contributed by atoms with van der Waals surface area (Å²) in [7, 11) is 0. The van der Waals surface area contributed by atoms with Gasteiger partial charge in [0, 0.05) is 10.9 Å². The van der Waals surface area contributed by atoms with Gasteiger partial charge in [-0.1, -0.05) is 34.1 Å². The Morgan fingerprint density at radius 1 is 1.14 bits per heavy atom. The van der Waals surface area contributed by atoms with Gasteiger partial charge in [0.05, 0.1) is 12.2 Å². The van der Waals surface area contributed by atoms with Gasteiger partial charge in [-0.3, -0.25) is 0 Å². The van der Waals surface area contributed by atoms with Crippen molar-refractivity contribution >= 4 is 15.9 Å². The van der Waals surface area contributed by atoms with E-state index >= 15 is 0 Å². The minimum absolute atomic E-state index is 0.109. The first-order chi connectivity index (χ1) is 9.95. The van der Waals surface area contributed by atoms with Crippen LogP contribution in [0.5, 0.6) is 5.75 Å². The molecule has 112 valence electrons. The van der Waals surface area contributed by atoms with Crippen LogP contribution in [0.25, 0.3) is 0 Å². The number of benzene rings is 2. The van der Waals surface area contributed by atoms with Crippen LogP contribution in [0.1, 0.15) is 31.1 Å². The molecule has 2 aromatic carbocycles. The van der Waals surface area contributed by atoms with Crippen LogP contribution in [0.3, 0.4) is 0 Å². The van der Waals surface area contributed by atoms with Gasteiger partial charge in [0.2, 0.25) is 0 Å². The first-order valence-corrected chi connectivity index (χ1v) is 7.63. The van der Waals surface area contributed by atoms with Crippen LogP contribution in [0.15, 0.2) is 46.9 Å². The molecule has 0 aliphatic carbocycles. The van der Waals surface area contributed by atoms with E-state index in [1.54, 1.807) is 24.3 Å². The van der Waals surface area contributed by atoms with E-state index < -0.39 is 6.10 Å². The number of rotatable bonds is 5. The Labute approximate surface area is 132 Å². The molecule has 0 saturated heterocycles. The second kappa shape index (κ2) is 7.05. The molecule has 2 rings (SSSR count). The molecule has 0 bridgehead atoms. The maximum atomic E-state index is 13.8. The maximum absolute atomic E-state index is 13.8. The molecule has 0 fully saturated rings. The monoisotopic (exact) mass is 352 g/mol. The zero-order valence-corrected chi connectivity index (χ0v) is 13.6. The van der Waals surface area contributed by atoms with Gasteiger partial charge in [-0.05, 0) is 49.2 Å². The minimum atomic E-state index is -0.742. The van der Waals surface area contributed by atoms with E-state index in [1.807, 2.05) is 26.0 Å². The third-order valence-electron chi connectivity index (χ3n) is 3.07.